The molecule has 2 atom stereocenters. The number of aromatic carboxylic acids is 1. The van der Waals surface area contributed by atoms with Crippen LogP contribution in [-0.2, 0) is 9.53 Å². The number of nitrogens with one attached hydrogen (secondary N) is 1. The molecule has 3 rings (SSSR count). The average Bonchev–Trinajstić information content (AvgIpc) is 2.84. The van der Waals surface area contributed by atoms with Gasteiger partial charge in [0.15, 0.2) is 6.61 Å². The molecule has 0 radical (unpaired) electrons. The van der Waals surface area contributed by atoms with Crippen molar-refractivity contribution in [2.75, 3.05) is 25.6 Å². The third-order valence-electron chi connectivity index (χ3n) is 6.35. The number of hydrogen-bond donors (Lipinski definition) is 2. The summed E-state index contributed by atoms with van der Waals surface area (Å²) in [7, 11) is 1.36. The first-order valence-electron chi connectivity index (χ1n) is 12.0. The van der Waals surface area contributed by atoms with E-state index in [2.05, 4.69) is 35.1 Å². The largest absolute Gasteiger partial charge is 0.482 e. The summed E-state index contributed by atoms with van der Waals surface area (Å²) in [5.41, 5.74) is 2.29. The minimum Gasteiger partial charge on any atom is -0.482 e. The van der Waals surface area contributed by atoms with E-state index in [1.165, 1.54) is 13.2 Å². The van der Waals surface area contributed by atoms with Crippen LogP contribution in [0.3, 0.4) is 0 Å². The lowest BCUT2D eigenvalue weighted by molar-refractivity contribution is -0.137. The van der Waals surface area contributed by atoms with Gasteiger partial charge in [-0.15, -0.1) is 0 Å². The van der Waals surface area contributed by atoms with Crippen LogP contribution in [0.1, 0.15) is 59.4 Å². The number of nitrogens with zero attached hydrogens (tertiary/aromatic N) is 1. The minimum absolute atomic E-state index is 0.00458. The van der Waals surface area contributed by atoms with Crippen molar-refractivity contribution in [3.8, 4) is 5.75 Å². The number of amides is 1. The number of carbonyl (C=O) groups is 3. The number of carbonyl (C=O) groups excluding carboxylic acids is 2. The number of halogens is 1. The van der Waals surface area contributed by atoms with Crippen LogP contribution in [0, 0.1) is 12.8 Å². The van der Waals surface area contributed by atoms with Crippen molar-refractivity contribution in [3.05, 3.63) is 57.6 Å². The number of carboxylic acids is 1. The number of hydrogen-bond acceptors (Lipinski definition) is 6. The molecule has 1 saturated heterocycles. The fourth-order valence-electron chi connectivity index (χ4n) is 4.57. The molecule has 1 fully saturated rings. The molecule has 2 N–H and O–H groups in total. The molecule has 9 heteroatoms. The summed E-state index contributed by atoms with van der Waals surface area (Å²) in [5, 5.41) is 13.1. The molecule has 0 aliphatic carbocycles. The Hall–Kier alpha value is -3.07. The molecule has 0 saturated carbocycles. The average molecular weight is 561 g/mol. The zero-order valence-electron chi connectivity index (χ0n) is 21.0. The van der Waals surface area contributed by atoms with Gasteiger partial charge in [-0.25, -0.2) is 9.59 Å². The molecule has 1 heterocycles. The number of anilines is 1. The summed E-state index contributed by atoms with van der Waals surface area (Å²) < 4.78 is 11.1. The Morgan fingerprint density at radius 3 is 2.64 bits per heavy atom. The van der Waals surface area contributed by atoms with E-state index in [9.17, 15) is 19.5 Å². The van der Waals surface area contributed by atoms with Gasteiger partial charge in [-0.3, -0.25) is 4.79 Å². The van der Waals surface area contributed by atoms with Crippen LogP contribution in [0.25, 0.3) is 0 Å². The number of likely N-dealkylation sites (tertiary alicyclic amines) is 1. The summed E-state index contributed by atoms with van der Waals surface area (Å²) in [5.74, 6) is -1.23. The van der Waals surface area contributed by atoms with E-state index in [0.717, 1.165) is 30.5 Å². The van der Waals surface area contributed by atoms with Crippen LogP contribution in [0.2, 0.25) is 0 Å². The lowest BCUT2D eigenvalue weighted by Gasteiger charge is -2.43. The van der Waals surface area contributed by atoms with Crippen LogP contribution >= 0.6 is 15.9 Å². The topological polar surface area (TPSA) is 105 Å². The molecule has 0 unspecified atom stereocenters. The molecule has 36 heavy (non-hydrogen) atoms. The van der Waals surface area contributed by atoms with Crippen LogP contribution in [-0.4, -0.2) is 60.2 Å². The van der Waals surface area contributed by atoms with Gasteiger partial charge in [0.05, 0.1) is 23.2 Å². The molecule has 1 amide bonds. The van der Waals surface area contributed by atoms with Gasteiger partial charge in [0.1, 0.15) is 11.3 Å². The molecule has 8 nitrogen and oxygen atoms in total. The second-order valence-electron chi connectivity index (χ2n) is 9.41. The first-order valence-corrected chi connectivity index (χ1v) is 12.8. The van der Waals surface area contributed by atoms with Gasteiger partial charge in [0, 0.05) is 18.3 Å². The maximum absolute atomic E-state index is 13.4. The van der Waals surface area contributed by atoms with Crippen molar-refractivity contribution >= 4 is 39.5 Å². The Morgan fingerprint density at radius 2 is 1.97 bits per heavy atom. The maximum atomic E-state index is 13.4. The molecule has 2 aromatic rings. The number of piperidine rings is 1. The molecule has 0 aromatic heterocycles. The first-order chi connectivity index (χ1) is 17.1. The highest BCUT2D eigenvalue weighted by molar-refractivity contribution is 9.10. The lowest BCUT2D eigenvalue weighted by Crippen LogP contribution is -2.55. The smallest absolute Gasteiger partial charge is 0.339 e. The van der Waals surface area contributed by atoms with Gasteiger partial charge in [-0.05, 0) is 77.9 Å². The SMILES string of the molecule is COC(=O)c1ccc(C)c(N[C@H]2CCCN(C(=O)COc3c(Br)cccc3C(=O)O)[C@H]2CC(C)C)c1. The summed E-state index contributed by atoms with van der Waals surface area (Å²) in [6.07, 6.45) is 2.47. The molecule has 1 aliphatic rings. The predicted octanol–water partition coefficient (Wildman–Crippen LogP) is 5.14. The van der Waals surface area contributed by atoms with Crippen molar-refractivity contribution in [3.63, 3.8) is 0 Å². The number of benzene rings is 2. The minimum atomic E-state index is -1.12. The second kappa shape index (κ2) is 12.3. The Morgan fingerprint density at radius 1 is 1.22 bits per heavy atom. The molecular formula is C27H33BrN2O6. The van der Waals surface area contributed by atoms with E-state index in [0.29, 0.717) is 22.5 Å². The van der Waals surface area contributed by atoms with Crippen LogP contribution in [0.4, 0.5) is 5.69 Å². The van der Waals surface area contributed by atoms with E-state index >= 15 is 0 Å². The van der Waals surface area contributed by atoms with Crippen molar-refractivity contribution in [2.45, 2.75) is 52.1 Å². The molecule has 0 bridgehead atoms. The van der Waals surface area contributed by atoms with Crippen molar-refractivity contribution in [2.24, 2.45) is 5.92 Å². The van der Waals surface area contributed by atoms with Gasteiger partial charge in [-0.1, -0.05) is 26.0 Å². The number of carboxylic acid groups (broad SMARTS) is 1. The highest BCUT2D eigenvalue weighted by Gasteiger charge is 2.35. The van der Waals surface area contributed by atoms with Crippen LogP contribution in [0.5, 0.6) is 5.75 Å². The molecular weight excluding hydrogens is 528 g/mol. The summed E-state index contributed by atoms with van der Waals surface area (Å²) in [6, 6.07) is 10.0. The summed E-state index contributed by atoms with van der Waals surface area (Å²) in [4.78, 5) is 38.8. The van der Waals surface area contributed by atoms with Gasteiger partial charge in [-0.2, -0.15) is 0 Å². The van der Waals surface area contributed by atoms with Crippen LogP contribution < -0.4 is 10.1 Å². The number of para-hydroxylation sites is 1. The quantitative estimate of drug-likeness (QED) is 0.409. The Balaban J connectivity index is 1.81. The van der Waals surface area contributed by atoms with Gasteiger partial charge in [0.25, 0.3) is 5.91 Å². The number of aryl methyl sites for hydroxylation is 1. The fraction of sp³-hybridized carbons (Fsp3) is 0.444. The van der Waals surface area contributed by atoms with Crippen LogP contribution in [0.15, 0.2) is 40.9 Å². The van der Waals surface area contributed by atoms with Crippen molar-refractivity contribution in [1.82, 2.24) is 4.90 Å². The van der Waals surface area contributed by atoms with E-state index in [1.807, 2.05) is 17.9 Å². The standard InChI is InChI=1S/C27H33BrN2O6/c1-16(2)13-23-21(29-22-14-18(27(34)35-4)11-10-17(22)3)9-6-12-30(23)24(31)15-36-25-19(26(32)33)7-5-8-20(25)28/h5,7-8,10-11,14,16,21,23,29H,6,9,12-13,15H2,1-4H3,(H,32,33)/t21-,23-/m0/s1. The number of rotatable bonds is 9. The van der Waals surface area contributed by atoms with Gasteiger partial charge >= 0.3 is 11.9 Å². The Bertz CT molecular complexity index is 1120. The zero-order valence-corrected chi connectivity index (χ0v) is 22.6. The fourth-order valence-corrected chi connectivity index (χ4v) is 5.05. The number of esters is 1. The third-order valence-corrected chi connectivity index (χ3v) is 6.97. The summed E-state index contributed by atoms with van der Waals surface area (Å²) >= 11 is 3.32. The molecule has 194 valence electrons. The Kier molecular flexibility index (Phi) is 9.37. The zero-order chi connectivity index (χ0) is 26.4. The molecule has 1 aliphatic heterocycles. The summed E-state index contributed by atoms with van der Waals surface area (Å²) in [6.45, 7) is 6.54. The normalized spacial score (nSPS) is 17.6. The maximum Gasteiger partial charge on any atom is 0.339 e. The second-order valence-corrected chi connectivity index (χ2v) is 10.3. The van der Waals surface area contributed by atoms with Gasteiger partial charge < -0.3 is 24.8 Å². The highest BCUT2D eigenvalue weighted by Crippen LogP contribution is 2.31. The van der Waals surface area contributed by atoms with E-state index in [1.54, 1.807) is 24.3 Å². The first kappa shape index (κ1) is 27.5. The lowest BCUT2D eigenvalue weighted by atomic mass is 9.89. The van der Waals surface area contributed by atoms with Gasteiger partial charge in [0.2, 0.25) is 0 Å². The predicted molar refractivity (Wildman–Crippen MR) is 141 cm³/mol. The van der Waals surface area contributed by atoms with Crippen molar-refractivity contribution < 1.29 is 29.0 Å². The third kappa shape index (κ3) is 6.57. The monoisotopic (exact) mass is 560 g/mol. The van der Waals surface area contributed by atoms with E-state index in [4.69, 9.17) is 9.47 Å². The van der Waals surface area contributed by atoms with Crippen molar-refractivity contribution in [1.29, 1.82) is 0 Å². The van der Waals surface area contributed by atoms with E-state index < -0.39 is 11.9 Å². The van der Waals surface area contributed by atoms with E-state index in [-0.39, 0.29) is 35.9 Å². The number of methoxy groups -OCH3 is 1. The highest BCUT2D eigenvalue weighted by atomic mass is 79.9. The Labute approximate surface area is 220 Å². The molecule has 2 aromatic carbocycles. The number of ether oxygens (including phenoxy) is 2. The molecule has 0 spiro atoms.